The second-order valence-corrected chi connectivity index (χ2v) is 6.32. The Balaban J connectivity index is 1.76. The number of hydrogen-bond acceptors (Lipinski definition) is 8. The van der Waals surface area contributed by atoms with E-state index in [1.54, 1.807) is 25.5 Å². The first-order valence-corrected chi connectivity index (χ1v) is 8.45. The lowest BCUT2D eigenvalue weighted by Gasteiger charge is -2.04. The van der Waals surface area contributed by atoms with E-state index in [2.05, 4.69) is 25.3 Å². The molecule has 8 nitrogen and oxygen atoms in total. The zero-order chi connectivity index (χ0) is 18.1. The van der Waals surface area contributed by atoms with Crippen LogP contribution in [-0.2, 0) is 0 Å². The van der Waals surface area contributed by atoms with Crippen molar-refractivity contribution in [3.63, 3.8) is 0 Å². The number of oxazole rings is 1. The van der Waals surface area contributed by atoms with Crippen molar-refractivity contribution in [2.75, 3.05) is 12.4 Å². The molecule has 0 atom stereocenters. The van der Waals surface area contributed by atoms with Gasteiger partial charge in [-0.05, 0) is 17.7 Å². The molecule has 0 bridgehead atoms. The van der Waals surface area contributed by atoms with Crippen LogP contribution >= 0.6 is 11.3 Å². The van der Waals surface area contributed by atoms with E-state index >= 15 is 0 Å². The first-order valence-electron chi connectivity index (χ1n) is 7.63. The van der Waals surface area contributed by atoms with E-state index in [4.69, 9.17) is 9.15 Å². The van der Waals surface area contributed by atoms with E-state index in [1.807, 2.05) is 12.1 Å². The van der Waals surface area contributed by atoms with Gasteiger partial charge in [-0.3, -0.25) is 15.1 Å². The molecule has 0 fully saturated rings. The summed E-state index contributed by atoms with van der Waals surface area (Å²) < 4.78 is 11.2. The molecule has 0 aliphatic rings. The van der Waals surface area contributed by atoms with E-state index in [-0.39, 0.29) is 5.69 Å². The number of ether oxygens (including phenoxy) is 1. The van der Waals surface area contributed by atoms with Gasteiger partial charge >= 0.3 is 0 Å². The van der Waals surface area contributed by atoms with E-state index in [0.29, 0.717) is 22.4 Å². The number of aryl methyl sites for hydroxylation is 1. The number of carbonyl (C=O) groups is 1. The molecule has 0 aliphatic carbocycles. The molecule has 0 saturated heterocycles. The lowest BCUT2D eigenvalue weighted by molar-refractivity contribution is 0.102. The largest absolute Gasteiger partial charge is 0.479 e. The fourth-order valence-electron chi connectivity index (χ4n) is 2.46. The van der Waals surface area contributed by atoms with Crippen molar-refractivity contribution in [3.05, 3.63) is 48.6 Å². The van der Waals surface area contributed by atoms with Crippen LogP contribution < -0.4 is 10.1 Å². The second kappa shape index (κ2) is 6.52. The molecule has 1 N–H and O–H groups in total. The van der Waals surface area contributed by atoms with Crippen LogP contribution in [0.1, 0.15) is 16.4 Å². The average Bonchev–Trinajstić information content (AvgIpc) is 3.27. The molecule has 4 heterocycles. The normalized spacial score (nSPS) is 10.8. The number of anilines is 1. The number of thiazole rings is 1. The van der Waals surface area contributed by atoms with Gasteiger partial charge in [0.15, 0.2) is 16.7 Å². The lowest BCUT2D eigenvalue weighted by atomic mass is 10.1. The van der Waals surface area contributed by atoms with E-state index in [1.165, 1.54) is 24.7 Å². The predicted octanol–water partition coefficient (Wildman–Crippen LogP) is 3.31. The molecule has 0 unspecified atom stereocenters. The van der Waals surface area contributed by atoms with Gasteiger partial charge in [0.05, 0.1) is 11.8 Å². The maximum absolute atomic E-state index is 12.3. The molecule has 4 aromatic rings. The van der Waals surface area contributed by atoms with Crippen LogP contribution in [0.3, 0.4) is 0 Å². The number of methoxy groups -OCH3 is 1. The topological polar surface area (TPSA) is 103 Å². The molecule has 26 heavy (non-hydrogen) atoms. The number of rotatable bonds is 4. The molecule has 4 rings (SSSR count). The first kappa shape index (κ1) is 16.2. The van der Waals surface area contributed by atoms with Crippen molar-refractivity contribution in [2.45, 2.75) is 6.92 Å². The van der Waals surface area contributed by atoms with Crippen molar-refractivity contribution in [1.29, 1.82) is 0 Å². The smallest absolute Gasteiger partial charge is 0.279 e. The van der Waals surface area contributed by atoms with Gasteiger partial charge in [-0.2, -0.15) is 0 Å². The summed E-state index contributed by atoms with van der Waals surface area (Å²) in [7, 11) is 1.53. The highest BCUT2D eigenvalue weighted by Crippen LogP contribution is 2.38. The Hall–Kier alpha value is -3.33. The minimum atomic E-state index is -0.390. The van der Waals surface area contributed by atoms with Crippen LogP contribution in [-0.4, -0.2) is 33.0 Å². The van der Waals surface area contributed by atoms with Gasteiger partial charge in [-0.15, -0.1) is 0 Å². The number of amides is 1. The van der Waals surface area contributed by atoms with Gasteiger partial charge in [0.25, 0.3) is 5.91 Å². The first-order chi connectivity index (χ1) is 12.7. The predicted molar refractivity (Wildman–Crippen MR) is 96.4 cm³/mol. The quantitative estimate of drug-likeness (QED) is 0.590. The number of nitrogens with one attached hydrogen (secondary N) is 1. The highest BCUT2D eigenvalue weighted by atomic mass is 32.1. The van der Waals surface area contributed by atoms with Gasteiger partial charge < -0.3 is 9.15 Å². The highest BCUT2D eigenvalue weighted by Gasteiger charge is 2.18. The van der Waals surface area contributed by atoms with Gasteiger partial charge in [-0.25, -0.2) is 15.0 Å². The minimum Gasteiger partial charge on any atom is -0.479 e. The van der Waals surface area contributed by atoms with Crippen molar-refractivity contribution in [3.8, 4) is 17.0 Å². The van der Waals surface area contributed by atoms with Crippen molar-refractivity contribution >= 4 is 32.6 Å². The zero-order valence-corrected chi connectivity index (χ0v) is 14.7. The second-order valence-electron chi connectivity index (χ2n) is 5.32. The van der Waals surface area contributed by atoms with Crippen LogP contribution in [0.5, 0.6) is 5.88 Å². The maximum atomic E-state index is 12.3. The fourth-order valence-corrected chi connectivity index (χ4v) is 3.44. The van der Waals surface area contributed by atoms with Crippen LogP contribution in [0.2, 0.25) is 0 Å². The van der Waals surface area contributed by atoms with Gasteiger partial charge in [0.1, 0.15) is 11.8 Å². The lowest BCUT2D eigenvalue weighted by Crippen LogP contribution is -2.12. The summed E-state index contributed by atoms with van der Waals surface area (Å²) >= 11 is 1.34. The van der Waals surface area contributed by atoms with Gasteiger partial charge in [0.2, 0.25) is 5.88 Å². The van der Waals surface area contributed by atoms with Crippen LogP contribution in [0.4, 0.5) is 5.13 Å². The molecule has 0 aliphatic heterocycles. The number of hydrogen-bond donors (Lipinski definition) is 1. The molecule has 1 amide bonds. The summed E-state index contributed by atoms with van der Waals surface area (Å²) in [5, 5.41) is 3.16. The standard InChI is InChI=1S/C17H13N5O3S/c1-9-20-12(8-25-9)15(23)22-17-21-13-14(26-17)11(7-19-16(13)24-2)10-3-5-18-6-4-10/h3-8H,1-2H3,(H,21,22,23). The van der Waals surface area contributed by atoms with E-state index in [9.17, 15) is 4.79 Å². The Labute approximate surface area is 151 Å². The third-order valence-corrected chi connectivity index (χ3v) is 4.65. The van der Waals surface area contributed by atoms with Crippen LogP contribution in [0, 0.1) is 6.92 Å². The summed E-state index contributed by atoms with van der Waals surface area (Å²) in [6, 6.07) is 3.78. The summed E-state index contributed by atoms with van der Waals surface area (Å²) in [5.41, 5.74) is 2.62. The Morgan fingerprint density at radius 2 is 2.08 bits per heavy atom. The molecule has 0 aromatic carbocycles. The Bertz CT molecular complexity index is 1090. The molecule has 0 spiro atoms. The number of aromatic nitrogens is 4. The fraction of sp³-hybridized carbons (Fsp3) is 0.118. The van der Waals surface area contributed by atoms with Crippen molar-refractivity contribution in [1.82, 2.24) is 19.9 Å². The molecule has 4 aromatic heterocycles. The summed E-state index contributed by atoms with van der Waals surface area (Å²) in [4.78, 5) is 29.1. The number of fused-ring (bicyclic) bond motifs is 1. The van der Waals surface area contributed by atoms with Gasteiger partial charge in [0, 0.05) is 31.1 Å². The maximum Gasteiger partial charge on any atom is 0.279 e. The third kappa shape index (κ3) is 2.88. The minimum absolute atomic E-state index is 0.196. The molecule has 0 radical (unpaired) electrons. The number of nitrogens with zero attached hydrogens (tertiary/aromatic N) is 4. The van der Waals surface area contributed by atoms with Gasteiger partial charge in [-0.1, -0.05) is 11.3 Å². The molecule has 0 saturated carbocycles. The molecule has 130 valence electrons. The van der Waals surface area contributed by atoms with Crippen LogP contribution in [0.15, 0.2) is 41.4 Å². The SMILES string of the molecule is COc1ncc(-c2ccncc2)c2sc(NC(=O)c3coc(C)n3)nc12. The third-order valence-electron chi connectivity index (χ3n) is 3.64. The number of pyridine rings is 2. The van der Waals surface area contributed by atoms with Crippen molar-refractivity contribution < 1.29 is 13.9 Å². The highest BCUT2D eigenvalue weighted by molar-refractivity contribution is 7.23. The van der Waals surface area contributed by atoms with Crippen LogP contribution in [0.25, 0.3) is 21.3 Å². The molecular weight excluding hydrogens is 354 g/mol. The zero-order valence-electron chi connectivity index (χ0n) is 13.9. The summed E-state index contributed by atoms with van der Waals surface area (Å²) in [5.74, 6) is 0.426. The Morgan fingerprint density at radius 3 is 2.77 bits per heavy atom. The summed E-state index contributed by atoms with van der Waals surface area (Å²) in [6.07, 6.45) is 6.45. The Morgan fingerprint density at radius 1 is 1.27 bits per heavy atom. The Kier molecular flexibility index (Phi) is 4.05. The monoisotopic (exact) mass is 367 g/mol. The number of carbonyl (C=O) groups excluding carboxylic acids is 1. The van der Waals surface area contributed by atoms with E-state index in [0.717, 1.165) is 15.8 Å². The molecular formula is C17H13N5O3S. The van der Waals surface area contributed by atoms with E-state index < -0.39 is 5.91 Å². The van der Waals surface area contributed by atoms with Crippen molar-refractivity contribution in [2.24, 2.45) is 0 Å². The average molecular weight is 367 g/mol. The summed E-state index contributed by atoms with van der Waals surface area (Å²) in [6.45, 7) is 1.67. The molecule has 9 heteroatoms.